The fraction of sp³-hybridized carbons (Fsp3) is 0.0455. The van der Waals surface area contributed by atoms with Crippen molar-refractivity contribution in [3.8, 4) is 0 Å². The Hall–Kier alpha value is -4.47. The van der Waals surface area contributed by atoms with Gasteiger partial charge in [0.1, 0.15) is 28.0 Å². The number of pyridine rings is 3. The van der Waals surface area contributed by atoms with Crippen molar-refractivity contribution >= 4 is 52.1 Å². The largest absolute Gasteiger partial charge is 0.386 e. The van der Waals surface area contributed by atoms with Crippen LogP contribution in [-0.2, 0) is 0 Å². The zero-order chi connectivity index (χ0) is 21.0. The third-order valence-electron chi connectivity index (χ3n) is 6.29. The molecule has 0 saturated heterocycles. The number of hydrogen-bond donors (Lipinski definition) is 0. The highest BCUT2D eigenvalue weighted by molar-refractivity contribution is 6.56. The summed E-state index contributed by atoms with van der Waals surface area (Å²) in [5.41, 5.74) is 4.73. The molecular formula is C22H12BN9. The number of rotatable bonds is 0. The van der Waals surface area contributed by atoms with E-state index in [1.165, 1.54) is 0 Å². The van der Waals surface area contributed by atoms with E-state index in [2.05, 4.69) is 30.7 Å². The Balaban J connectivity index is 1.69. The lowest BCUT2D eigenvalue weighted by Gasteiger charge is -2.20. The van der Waals surface area contributed by atoms with Gasteiger partial charge >= 0.3 is 6.98 Å². The number of nitrogens with zero attached hydrogens (tertiary/aromatic N) is 9. The standard InChI is InChI=1S/C22H12BN9/c1-23-31-19-12-6-3-10-26-16(12)22(31)30-20-13-7-4-9-25-15(13)21(32(20)23)28-17-11-5-2-8-24-14(11)18(27-17)29-19/h2-10H,1H3/b28-17?,28-21-,29-18-,29-19?. The predicted octanol–water partition coefficient (Wildman–Crippen LogP) is 2.03. The molecule has 0 fully saturated rings. The first-order valence-corrected chi connectivity index (χ1v) is 10.3. The smallest absolute Gasteiger partial charge is 0.332 e. The van der Waals surface area contributed by atoms with Gasteiger partial charge < -0.3 is 8.96 Å². The van der Waals surface area contributed by atoms with Crippen molar-refractivity contribution in [3.63, 3.8) is 0 Å². The molecule has 3 aliphatic heterocycles. The normalized spacial score (nSPS) is 17.9. The Labute approximate surface area is 180 Å². The Morgan fingerprint density at radius 2 is 1.44 bits per heavy atom. The summed E-state index contributed by atoms with van der Waals surface area (Å²) in [4.78, 5) is 33.7. The molecule has 8 heterocycles. The average Bonchev–Trinajstić information content (AvgIpc) is 3.45. The van der Waals surface area contributed by atoms with Gasteiger partial charge in [0.05, 0.1) is 0 Å². The van der Waals surface area contributed by atoms with E-state index in [1.807, 2.05) is 36.4 Å². The minimum atomic E-state index is -0.131. The number of amidine groups is 2. The molecule has 0 N–H and O–H groups in total. The molecule has 32 heavy (non-hydrogen) atoms. The van der Waals surface area contributed by atoms with Gasteiger partial charge in [-0.3, -0.25) is 15.0 Å². The third kappa shape index (κ3) is 1.80. The minimum Gasteiger partial charge on any atom is -0.332 e. The summed E-state index contributed by atoms with van der Waals surface area (Å²) in [7, 11) is 0. The van der Waals surface area contributed by atoms with Crippen molar-refractivity contribution < 1.29 is 0 Å². The molecule has 0 amide bonds. The molecule has 8 rings (SSSR count). The topological polar surface area (TPSA) is 98.0 Å². The maximum Gasteiger partial charge on any atom is 0.386 e. The van der Waals surface area contributed by atoms with Gasteiger partial charge in [-0.2, -0.15) is 0 Å². The molecule has 0 spiro atoms. The van der Waals surface area contributed by atoms with Gasteiger partial charge in [-0.05, 0) is 43.2 Å². The first-order valence-electron chi connectivity index (χ1n) is 10.3. The molecule has 5 aromatic heterocycles. The van der Waals surface area contributed by atoms with Crippen LogP contribution in [0.3, 0.4) is 0 Å². The molecule has 3 aliphatic rings. The van der Waals surface area contributed by atoms with E-state index >= 15 is 0 Å². The fourth-order valence-corrected chi connectivity index (χ4v) is 4.92. The molecule has 0 unspecified atom stereocenters. The van der Waals surface area contributed by atoms with Gasteiger partial charge in [-0.1, -0.05) is 0 Å². The molecule has 0 radical (unpaired) electrons. The number of aromatic nitrogens is 5. The van der Waals surface area contributed by atoms with Crippen molar-refractivity contribution in [2.24, 2.45) is 20.0 Å². The SMILES string of the molecule is CB1n2c3c4cccnc4c2N=c2c4cccnc4/c(n21)=N/C1=NC(=N\3)/c2ncccc21. The van der Waals surface area contributed by atoms with Crippen LogP contribution in [0.15, 0.2) is 75.0 Å². The lowest BCUT2D eigenvalue weighted by Crippen LogP contribution is -2.46. The molecule has 0 atom stereocenters. The molecule has 0 saturated carbocycles. The first kappa shape index (κ1) is 16.3. The van der Waals surface area contributed by atoms with Crippen LogP contribution in [0, 0.1) is 0 Å². The number of hydrogen-bond acceptors (Lipinski definition) is 7. The van der Waals surface area contributed by atoms with Crippen molar-refractivity contribution in [1.29, 1.82) is 0 Å². The van der Waals surface area contributed by atoms with Crippen LogP contribution in [-0.4, -0.2) is 42.6 Å². The zero-order valence-electron chi connectivity index (χ0n) is 16.8. The highest BCUT2D eigenvalue weighted by Crippen LogP contribution is 2.39. The van der Waals surface area contributed by atoms with Crippen molar-refractivity contribution in [3.05, 3.63) is 77.2 Å². The van der Waals surface area contributed by atoms with Crippen LogP contribution >= 0.6 is 0 Å². The Morgan fingerprint density at radius 3 is 2.34 bits per heavy atom. The van der Waals surface area contributed by atoms with E-state index in [9.17, 15) is 0 Å². The van der Waals surface area contributed by atoms with Gasteiger partial charge in [0.15, 0.2) is 23.0 Å². The van der Waals surface area contributed by atoms with E-state index < -0.39 is 0 Å². The minimum absolute atomic E-state index is 0.131. The average molecular weight is 413 g/mol. The summed E-state index contributed by atoms with van der Waals surface area (Å²) < 4.78 is 4.22. The maximum atomic E-state index is 5.07. The second kappa shape index (κ2) is 5.41. The highest BCUT2D eigenvalue weighted by atomic mass is 15.3. The fourth-order valence-electron chi connectivity index (χ4n) is 4.92. The van der Waals surface area contributed by atoms with Gasteiger partial charge in [0.2, 0.25) is 0 Å². The summed E-state index contributed by atoms with van der Waals surface area (Å²) in [6.07, 6.45) is 5.32. The molecule has 148 valence electrons. The van der Waals surface area contributed by atoms with Crippen LogP contribution in [0.5, 0.6) is 0 Å². The van der Waals surface area contributed by atoms with Crippen LogP contribution in [0.2, 0.25) is 6.82 Å². The first-order chi connectivity index (χ1) is 15.8. The van der Waals surface area contributed by atoms with E-state index in [4.69, 9.17) is 20.0 Å². The summed E-state index contributed by atoms with van der Waals surface area (Å²) in [5.74, 6) is 2.67. The van der Waals surface area contributed by atoms with Crippen molar-refractivity contribution in [1.82, 2.24) is 23.9 Å². The van der Waals surface area contributed by atoms with Crippen LogP contribution < -0.4 is 11.0 Å². The second-order valence-electron chi connectivity index (χ2n) is 7.96. The second-order valence-corrected chi connectivity index (χ2v) is 7.96. The molecule has 10 heteroatoms. The molecule has 4 bridgehead atoms. The Kier molecular flexibility index (Phi) is 2.75. The predicted molar refractivity (Wildman–Crippen MR) is 121 cm³/mol. The van der Waals surface area contributed by atoms with Crippen LogP contribution in [0.4, 0.5) is 11.6 Å². The lowest BCUT2D eigenvalue weighted by atomic mass is 9.78. The molecule has 5 aromatic rings. The van der Waals surface area contributed by atoms with E-state index in [0.717, 1.165) is 55.7 Å². The highest BCUT2D eigenvalue weighted by Gasteiger charge is 2.34. The van der Waals surface area contributed by atoms with Gasteiger partial charge in [-0.15, -0.1) is 0 Å². The van der Waals surface area contributed by atoms with Crippen molar-refractivity contribution in [2.45, 2.75) is 6.82 Å². The quantitative estimate of drug-likeness (QED) is 0.364. The molecule has 0 aliphatic carbocycles. The molecule has 0 aromatic carbocycles. The van der Waals surface area contributed by atoms with Crippen LogP contribution in [0.1, 0.15) is 11.3 Å². The third-order valence-corrected chi connectivity index (χ3v) is 6.29. The number of aliphatic imine (C=N–C) groups is 2. The van der Waals surface area contributed by atoms with Gasteiger partial charge in [0.25, 0.3) is 0 Å². The van der Waals surface area contributed by atoms with Crippen molar-refractivity contribution in [2.75, 3.05) is 0 Å². The summed E-state index contributed by atoms with van der Waals surface area (Å²) in [5, 5.41) is 1.88. The number of fused-ring (bicyclic) bond motifs is 10. The lowest BCUT2D eigenvalue weighted by molar-refractivity contribution is 0.918. The van der Waals surface area contributed by atoms with E-state index in [1.54, 1.807) is 18.6 Å². The Morgan fingerprint density at radius 1 is 0.656 bits per heavy atom. The van der Waals surface area contributed by atoms with Crippen LogP contribution in [0.25, 0.3) is 21.8 Å². The van der Waals surface area contributed by atoms with E-state index in [-0.39, 0.29) is 6.98 Å². The summed E-state index contributed by atoms with van der Waals surface area (Å²) >= 11 is 0. The summed E-state index contributed by atoms with van der Waals surface area (Å²) in [6.45, 7) is 1.99. The summed E-state index contributed by atoms with van der Waals surface area (Å²) in [6, 6.07) is 11.8. The monoisotopic (exact) mass is 413 g/mol. The maximum absolute atomic E-state index is 5.07. The van der Waals surface area contributed by atoms with Gasteiger partial charge in [-0.25, -0.2) is 20.0 Å². The van der Waals surface area contributed by atoms with Gasteiger partial charge in [0, 0.05) is 34.9 Å². The zero-order valence-corrected chi connectivity index (χ0v) is 16.8. The molecule has 9 nitrogen and oxygen atoms in total. The molecular weight excluding hydrogens is 401 g/mol. The Bertz CT molecular complexity index is 1860. The van der Waals surface area contributed by atoms with E-state index in [0.29, 0.717) is 11.7 Å².